The molecule has 98 valence electrons. The van der Waals surface area contributed by atoms with Gasteiger partial charge in [-0.2, -0.15) is 0 Å². The Morgan fingerprint density at radius 3 is 2.47 bits per heavy atom. The molecule has 0 aliphatic carbocycles. The molecule has 0 aromatic heterocycles. The smallest absolute Gasteiger partial charge is 0.0398 e. The van der Waals surface area contributed by atoms with E-state index in [1.54, 1.807) is 0 Å². The number of nitrogens with two attached hydrogens (primary N) is 1. The minimum Gasteiger partial charge on any atom is -0.297 e. The fourth-order valence-electron chi connectivity index (χ4n) is 2.67. The van der Waals surface area contributed by atoms with Crippen molar-refractivity contribution in [1.82, 2.24) is 10.3 Å². The lowest BCUT2D eigenvalue weighted by atomic mass is 9.87. The monoisotopic (exact) mass is 237 g/mol. The summed E-state index contributed by atoms with van der Waals surface area (Å²) < 4.78 is 0. The SMILES string of the molecule is CC#CCCC(NN)C(C)(C)N1CCCCC1. The second-order valence-corrected chi connectivity index (χ2v) is 5.39. The number of likely N-dealkylation sites (tertiary alicyclic amines) is 1. The van der Waals surface area contributed by atoms with Crippen LogP contribution in [0, 0.1) is 11.8 Å². The van der Waals surface area contributed by atoms with E-state index < -0.39 is 0 Å². The van der Waals surface area contributed by atoms with Crippen LogP contribution >= 0.6 is 0 Å². The first-order valence-corrected chi connectivity index (χ1v) is 6.73. The molecule has 1 aliphatic rings. The lowest BCUT2D eigenvalue weighted by molar-refractivity contribution is 0.0587. The van der Waals surface area contributed by atoms with Crippen LogP contribution in [0.2, 0.25) is 0 Å². The van der Waals surface area contributed by atoms with Crippen LogP contribution in [0.3, 0.4) is 0 Å². The fraction of sp³-hybridized carbons (Fsp3) is 0.857. The second kappa shape index (κ2) is 7.00. The number of nitrogens with one attached hydrogen (secondary N) is 1. The molecule has 1 unspecified atom stereocenters. The van der Waals surface area contributed by atoms with Gasteiger partial charge in [0.05, 0.1) is 0 Å². The number of piperidine rings is 1. The van der Waals surface area contributed by atoms with Crippen LogP contribution in [0.4, 0.5) is 0 Å². The molecule has 1 atom stereocenters. The molecule has 0 aromatic carbocycles. The van der Waals surface area contributed by atoms with Gasteiger partial charge in [0, 0.05) is 18.0 Å². The predicted molar refractivity (Wildman–Crippen MR) is 73.3 cm³/mol. The van der Waals surface area contributed by atoms with Gasteiger partial charge in [-0.25, -0.2) is 0 Å². The van der Waals surface area contributed by atoms with Crippen LogP contribution in [0.1, 0.15) is 52.9 Å². The van der Waals surface area contributed by atoms with Crippen molar-refractivity contribution in [3.63, 3.8) is 0 Å². The Balaban J connectivity index is 2.58. The number of hydrogen-bond donors (Lipinski definition) is 2. The van der Waals surface area contributed by atoms with Crippen molar-refractivity contribution in [2.45, 2.75) is 64.5 Å². The summed E-state index contributed by atoms with van der Waals surface area (Å²) in [5.41, 5.74) is 3.10. The first-order chi connectivity index (χ1) is 8.12. The molecular formula is C14H27N3. The fourth-order valence-corrected chi connectivity index (χ4v) is 2.67. The summed E-state index contributed by atoms with van der Waals surface area (Å²) in [4.78, 5) is 2.57. The summed E-state index contributed by atoms with van der Waals surface area (Å²) in [7, 11) is 0. The molecule has 1 saturated heterocycles. The first-order valence-electron chi connectivity index (χ1n) is 6.73. The van der Waals surface area contributed by atoms with Gasteiger partial charge in [0.15, 0.2) is 0 Å². The lowest BCUT2D eigenvalue weighted by Gasteiger charge is -2.45. The Morgan fingerprint density at radius 2 is 1.94 bits per heavy atom. The Morgan fingerprint density at radius 1 is 1.29 bits per heavy atom. The van der Waals surface area contributed by atoms with Gasteiger partial charge in [-0.15, -0.1) is 11.8 Å². The van der Waals surface area contributed by atoms with E-state index in [1.807, 2.05) is 6.92 Å². The molecule has 0 amide bonds. The maximum atomic E-state index is 5.72. The molecule has 0 radical (unpaired) electrons. The highest BCUT2D eigenvalue weighted by Gasteiger charge is 2.34. The molecule has 0 spiro atoms. The van der Waals surface area contributed by atoms with Crippen molar-refractivity contribution in [3.8, 4) is 11.8 Å². The molecule has 0 bridgehead atoms. The number of nitrogens with zero attached hydrogens (tertiary/aromatic N) is 1. The van der Waals surface area contributed by atoms with Gasteiger partial charge in [-0.3, -0.25) is 16.2 Å². The first kappa shape index (κ1) is 14.5. The molecule has 1 aliphatic heterocycles. The molecular weight excluding hydrogens is 210 g/mol. The summed E-state index contributed by atoms with van der Waals surface area (Å²) in [6.45, 7) is 8.88. The summed E-state index contributed by atoms with van der Waals surface area (Å²) in [6.07, 6.45) is 5.93. The number of hydrazine groups is 1. The third kappa shape index (κ3) is 3.99. The maximum absolute atomic E-state index is 5.72. The zero-order chi connectivity index (χ0) is 12.7. The molecule has 3 heteroatoms. The zero-order valence-electron chi connectivity index (χ0n) is 11.6. The Labute approximate surface area is 106 Å². The van der Waals surface area contributed by atoms with E-state index in [1.165, 1.54) is 32.4 Å². The molecule has 0 aromatic rings. The summed E-state index contributed by atoms with van der Waals surface area (Å²) in [6, 6.07) is 0.307. The topological polar surface area (TPSA) is 41.3 Å². The molecule has 1 rings (SSSR count). The Hall–Kier alpha value is -0.560. The van der Waals surface area contributed by atoms with E-state index in [0.717, 1.165) is 12.8 Å². The van der Waals surface area contributed by atoms with E-state index >= 15 is 0 Å². The molecule has 0 saturated carbocycles. The third-order valence-corrected chi connectivity index (χ3v) is 3.96. The highest BCUT2D eigenvalue weighted by Crippen LogP contribution is 2.25. The maximum Gasteiger partial charge on any atom is 0.0398 e. The van der Waals surface area contributed by atoms with Crippen molar-refractivity contribution < 1.29 is 0 Å². The molecule has 1 fully saturated rings. The third-order valence-electron chi connectivity index (χ3n) is 3.96. The molecule has 3 nitrogen and oxygen atoms in total. The van der Waals surface area contributed by atoms with E-state index in [4.69, 9.17) is 5.84 Å². The highest BCUT2D eigenvalue weighted by atomic mass is 15.3. The van der Waals surface area contributed by atoms with Crippen LogP contribution in [0.5, 0.6) is 0 Å². The normalized spacial score (nSPS) is 19.5. The van der Waals surface area contributed by atoms with E-state index in [0.29, 0.717) is 6.04 Å². The van der Waals surface area contributed by atoms with Crippen LogP contribution in [-0.2, 0) is 0 Å². The molecule has 1 heterocycles. The minimum absolute atomic E-state index is 0.116. The van der Waals surface area contributed by atoms with Gasteiger partial charge in [0.25, 0.3) is 0 Å². The Bertz CT molecular complexity index is 269. The van der Waals surface area contributed by atoms with Gasteiger partial charge < -0.3 is 0 Å². The van der Waals surface area contributed by atoms with E-state index in [9.17, 15) is 0 Å². The van der Waals surface area contributed by atoms with Crippen molar-refractivity contribution in [1.29, 1.82) is 0 Å². The van der Waals surface area contributed by atoms with Crippen molar-refractivity contribution >= 4 is 0 Å². The van der Waals surface area contributed by atoms with Gasteiger partial charge in [-0.1, -0.05) is 6.42 Å². The van der Waals surface area contributed by atoms with E-state index in [-0.39, 0.29) is 5.54 Å². The second-order valence-electron chi connectivity index (χ2n) is 5.39. The van der Waals surface area contributed by atoms with Crippen molar-refractivity contribution in [3.05, 3.63) is 0 Å². The van der Waals surface area contributed by atoms with E-state index in [2.05, 4.69) is 36.0 Å². The molecule has 3 N–H and O–H groups in total. The zero-order valence-corrected chi connectivity index (χ0v) is 11.6. The molecule has 17 heavy (non-hydrogen) atoms. The summed E-state index contributed by atoms with van der Waals surface area (Å²) in [5.74, 6) is 11.8. The van der Waals surface area contributed by atoms with Crippen LogP contribution in [0.25, 0.3) is 0 Å². The van der Waals surface area contributed by atoms with Crippen LogP contribution in [-0.4, -0.2) is 29.6 Å². The highest BCUT2D eigenvalue weighted by molar-refractivity contribution is 4.99. The van der Waals surface area contributed by atoms with Crippen LogP contribution < -0.4 is 11.3 Å². The average Bonchev–Trinajstić information content (AvgIpc) is 2.35. The van der Waals surface area contributed by atoms with Crippen molar-refractivity contribution in [2.75, 3.05) is 13.1 Å². The number of hydrogen-bond acceptors (Lipinski definition) is 3. The van der Waals surface area contributed by atoms with Gasteiger partial charge >= 0.3 is 0 Å². The standard InChI is InChI=1S/C14H27N3/c1-4-5-7-10-13(16-15)14(2,3)17-11-8-6-9-12-17/h13,16H,6-12,15H2,1-3H3. The Kier molecular flexibility index (Phi) is 5.97. The number of rotatable bonds is 5. The average molecular weight is 237 g/mol. The van der Waals surface area contributed by atoms with Gasteiger partial charge in [-0.05, 0) is 53.1 Å². The largest absolute Gasteiger partial charge is 0.297 e. The van der Waals surface area contributed by atoms with Gasteiger partial charge in [0.2, 0.25) is 0 Å². The minimum atomic E-state index is 0.116. The summed E-state index contributed by atoms with van der Waals surface area (Å²) >= 11 is 0. The van der Waals surface area contributed by atoms with Gasteiger partial charge in [0.1, 0.15) is 0 Å². The quantitative estimate of drug-likeness (QED) is 0.436. The van der Waals surface area contributed by atoms with Crippen LogP contribution in [0.15, 0.2) is 0 Å². The van der Waals surface area contributed by atoms with Crippen molar-refractivity contribution in [2.24, 2.45) is 5.84 Å². The lowest BCUT2D eigenvalue weighted by Crippen LogP contribution is -2.60. The summed E-state index contributed by atoms with van der Waals surface area (Å²) in [5, 5.41) is 0. The predicted octanol–water partition coefficient (Wildman–Crippen LogP) is 1.89.